The van der Waals surface area contributed by atoms with E-state index in [0.29, 0.717) is 19.0 Å². The van der Waals surface area contributed by atoms with Gasteiger partial charge < -0.3 is 19.3 Å². The van der Waals surface area contributed by atoms with Gasteiger partial charge in [0, 0.05) is 12.1 Å². The molecule has 7 heteroatoms. The van der Waals surface area contributed by atoms with Gasteiger partial charge in [-0.2, -0.15) is 0 Å². The average Bonchev–Trinajstić information content (AvgIpc) is 2.49. The summed E-state index contributed by atoms with van der Waals surface area (Å²) in [5.74, 6) is -1.86. The fraction of sp³-hybridized carbons (Fsp3) is 0.333. The van der Waals surface area contributed by atoms with Crippen molar-refractivity contribution in [1.82, 2.24) is 0 Å². The molecule has 0 heterocycles. The van der Waals surface area contributed by atoms with Crippen molar-refractivity contribution >= 4 is 29.1 Å². The van der Waals surface area contributed by atoms with Crippen LogP contribution in [0.4, 0.5) is 0 Å². The molecule has 120 valence electrons. The first kappa shape index (κ1) is 17.8. The van der Waals surface area contributed by atoms with E-state index >= 15 is 0 Å². The Morgan fingerprint density at radius 2 is 1.77 bits per heavy atom. The highest BCUT2D eigenvalue weighted by molar-refractivity contribution is 6.39. The molecule has 0 fully saturated rings. The second kappa shape index (κ2) is 8.29. The normalized spacial score (nSPS) is 11.0. The van der Waals surface area contributed by atoms with Crippen molar-refractivity contribution in [2.45, 2.75) is 13.8 Å². The number of benzene rings is 1. The van der Waals surface area contributed by atoms with Crippen molar-refractivity contribution in [3.8, 4) is 11.5 Å². The van der Waals surface area contributed by atoms with Crippen LogP contribution in [-0.2, 0) is 14.3 Å². The third kappa shape index (κ3) is 4.39. The summed E-state index contributed by atoms with van der Waals surface area (Å²) in [5, 5.41) is 10.3. The standard InChI is InChI=1S/C15H17ClO6/c1-4-21-13-8-14(22-5-2)10(16)6-9(13)11(17)7-12(18)15(19)20-3/h6-8,17H,4-5H2,1-3H3/b11-7-. The smallest absolute Gasteiger partial charge is 0.378 e. The molecular weight excluding hydrogens is 312 g/mol. The molecule has 0 saturated heterocycles. The molecule has 1 aromatic carbocycles. The Morgan fingerprint density at radius 1 is 1.18 bits per heavy atom. The Balaban J connectivity index is 3.26. The molecule has 0 atom stereocenters. The monoisotopic (exact) mass is 328 g/mol. The van der Waals surface area contributed by atoms with E-state index in [1.165, 1.54) is 12.1 Å². The zero-order chi connectivity index (χ0) is 16.7. The van der Waals surface area contributed by atoms with E-state index in [2.05, 4.69) is 4.74 Å². The number of esters is 1. The predicted octanol–water partition coefficient (Wildman–Crippen LogP) is 2.78. The number of methoxy groups -OCH3 is 1. The molecule has 0 bridgehead atoms. The van der Waals surface area contributed by atoms with Crippen molar-refractivity contribution in [3.05, 3.63) is 28.8 Å². The van der Waals surface area contributed by atoms with Gasteiger partial charge >= 0.3 is 5.97 Å². The van der Waals surface area contributed by atoms with Gasteiger partial charge in [-0.1, -0.05) is 11.6 Å². The van der Waals surface area contributed by atoms with Crippen LogP contribution in [0.1, 0.15) is 19.4 Å². The lowest BCUT2D eigenvalue weighted by Crippen LogP contribution is -2.13. The summed E-state index contributed by atoms with van der Waals surface area (Å²) in [6, 6.07) is 2.91. The van der Waals surface area contributed by atoms with Crippen molar-refractivity contribution in [3.63, 3.8) is 0 Å². The number of hydrogen-bond acceptors (Lipinski definition) is 6. The van der Waals surface area contributed by atoms with Crippen LogP contribution in [0.5, 0.6) is 11.5 Å². The number of ether oxygens (including phenoxy) is 3. The van der Waals surface area contributed by atoms with Crippen LogP contribution in [0.25, 0.3) is 5.76 Å². The number of aliphatic hydroxyl groups is 1. The van der Waals surface area contributed by atoms with Crippen LogP contribution < -0.4 is 9.47 Å². The predicted molar refractivity (Wildman–Crippen MR) is 81.4 cm³/mol. The molecule has 6 nitrogen and oxygen atoms in total. The number of ketones is 1. The summed E-state index contributed by atoms with van der Waals surface area (Å²) in [4.78, 5) is 22.6. The quantitative estimate of drug-likeness (QED) is 0.359. The van der Waals surface area contributed by atoms with Gasteiger partial charge in [0.05, 0.1) is 30.9 Å². The van der Waals surface area contributed by atoms with Crippen molar-refractivity contribution in [2.24, 2.45) is 0 Å². The first-order valence-electron chi connectivity index (χ1n) is 6.57. The first-order chi connectivity index (χ1) is 10.4. The molecule has 22 heavy (non-hydrogen) atoms. The fourth-order valence-corrected chi connectivity index (χ4v) is 1.86. The molecule has 0 saturated carbocycles. The van der Waals surface area contributed by atoms with E-state index in [9.17, 15) is 14.7 Å². The molecule has 0 aliphatic heterocycles. The molecule has 1 rings (SSSR count). The maximum absolute atomic E-state index is 11.5. The summed E-state index contributed by atoms with van der Waals surface area (Å²) in [5.41, 5.74) is 0.174. The van der Waals surface area contributed by atoms with Crippen LogP contribution in [0.3, 0.4) is 0 Å². The SMILES string of the molecule is CCOc1cc(OCC)c(/C(O)=C/C(=O)C(=O)OC)cc1Cl. The number of hydrogen-bond donors (Lipinski definition) is 1. The highest BCUT2D eigenvalue weighted by Crippen LogP contribution is 2.35. The summed E-state index contributed by atoms with van der Waals surface area (Å²) < 4.78 is 15.0. The van der Waals surface area contributed by atoms with Gasteiger partial charge in [0.2, 0.25) is 0 Å². The van der Waals surface area contributed by atoms with Gasteiger partial charge in [-0.25, -0.2) is 4.79 Å². The molecule has 0 spiro atoms. The van der Waals surface area contributed by atoms with E-state index in [1.54, 1.807) is 13.8 Å². The van der Waals surface area contributed by atoms with Crippen LogP contribution in [0.2, 0.25) is 5.02 Å². The zero-order valence-corrected chi connectivity index (χ0v) is 13.3. The number of halogens is 1. The van der Waals surface area contributed by atoms with E-state index < -0.39 is 17.5 Å². The number of rotatable bonds is 7. The Labute approximate surface area is 133 Å². The van der Waals surface area contributed by atoms with Gasteiger partial charge in [0.15, 0.2) is 0 Å². The summed E-state index contributed by atoms with van der Waals surface area (Å²) >= 11 is 6.06. The molecule has 0 aliphatic carbocycles. The Bertz CT molecular complexity index is 594. The lowest BCUT2D eigenvalue weighted by Gasteiger charge is -2.13. The van der Waals surface area contributed by atoms with Crippen LogP contribution >= 0.6 is 11.6 Å². The second-order valence-electron chi connectivity index (χ2n) is 4.03. The third-order valence-electron chi connectivity index (χ3n) is 2.56. The van der Waals surface area contributed by atoms with Crippen LogP contribution in [-0.4, -0.2) is 37.2 Å². The van der Waals surface area contributed by atoms with Crippen molar-refractivity contribution < 1.29 is 28.9 Å². The highest BCUT2D eigenvalue weighted by Gasteiger charge is 2.17. The molecule has 1 aromatic rings. The van der Waals surface area contributed by atoms with E-state index in [0.717, 1.165) is 13.2 Å². The summed E-state index contributed by atoms with van der Waals surface area (Å²) in [7, 11) is 1.07. The summed E-state index contributed by atoms with van der Waals surface area (Å²) in [6.07, 6.45) is 0.750. The number of aliphatic hydroxyl groups excluding tert-OH is 1. The Hall–Kier alpha value is -2.21. The maximum Gasteiger partial charge on any atom is 0.378 e. The average molecular weight is 329 g/mol. The molecule has 0 aliphatic rings. The zero-order valence-electron chi connectivity index (χ0n) is 12.5. The highest BCUT2D eigenvalue weighted by atomic mass is 35.5. The lowest BCUT2D eigenvalue weighted by molar-refractivity contribution is -0.149. The molecule has 0 amide bonds. The molecular formula is C15H17ClO6. The van der Waals surface area contributed by atoms with Gasteiger partial charge in [-0.3, -0.25) is 4.79 Å². The maximum atomic E-state index is 11.5. The Morgan fingerprint density at radius 3 is 2.32 bits per heavy atom. The van der Waals surface area contributed by atoms with E-state index in [4.69, 9.17) is 21.1 Å². The minimum atomic E-state index is -1.08. The molecule has 1 N–H and O–H groups in total. The van der Waals surface area contributed by atoms with E-state index in [1.807, 2.05) is 0 Å². The minimum absolute atomic E-state index is 0.174. The minimum Gasteiger partial charge on any atom is -0.507 e. The van der Waals surface area contributed by atoms with Crippen molar-refractivity contribution in [2.75, 3.05) is 20.3 Å². The first-order valence-corrected chi connectivity index (χ1v) is 6.94. The van der Waals surface area contributed by atoms with E-state index in [-0.39, 0.29) is 16.3 Å². The summed E-state index contributed by atoms with van der Waals surface area (Å²) in [6.45, 7) is 4.31. The lowest BCUT2D eigenvalue weighted by atomic mass is 10.1. The van der Waals surface area contributed by atoms with Gasteiger partial charge in [-0.15, -0.1) is 0 Å². The molecule has 0 unspecified atom stereocenters. The largest absolute Gasteiger partial charge is 0.507 e. The Kier molecular flexibility index (Phi) is 6.72. The number of carbonyl (C=O) groups excluding carboxylic acids is 2. The van der Waals surface area contributed by atoms with Gasteiger partial charge in [-0.05, 0) is 19.9 Å². The third-order valence-corrected chi connectivity index (χ3v) is 2.86. The second-order valence-corrected chi connectivity index (χ2v) is 4.44. The fourth-order valence-electron chi connectivity index (χ4n) is 1.64. The van der Waals surface area contributed by atoms with Gasteiger partial charge in [0.1, 0.15) is 17.3 Å². The molecule has 0 aromatic heterocycles. The van der Waals surface area contributed by atoms with Crippen LogP contribution in [0.15, 0.2) is 18.2 Å². The number of carbonyl (C=O) groups is 2. The molecule has 0 radical (unpaired) electrons. The topological polar surface area (TPSA) is 82.1 Å². The van der Waals surface area contributed by atoms with Crippen LogP contribution in [0, 0.1) is 0 Å². The van der Waals surface area contributed by atoms with Crippen molar-refractivity contribution in [1.29, 1.82) is 0 Å². The van der Waals surface area contributed by atoms with Gasteiger partial charge in [0.25, 0.3) is 5.78 Å².